The minimum atomic E-state index is 0.0106. The minimum Gasteiger partial charge on any atom is -0.347 e. The van der Waals surface area contributed by atoms with Crippen molar-refractivity contribution in [1.82, 2.24) is 15.3 Å². The summed E-state index contributed by atoms with van der Waals surface area (Å²) in [5.74, 6) is 0.905. The van der Waals surface area contributed by atoms with Crippen LogP contribution in [-0.4, -0.2) is 28.1 Å². The number of hydrogen-bond acceptors (Lipinski definition) is 4. The number of nitrogens with one attached hydrogen (secondary N) is 1. The second kappa shape index (κ2) is 5.70. The molecule has 0 radical (unpaired) electrons. The average molecular weight is 260 g/mol. The molecule has 0 bridgehead atoms. The van der Waals surface area contributed by atoms with Crippen molar-refractivity contribution in [1.29, 1.82) is 0 Å². The highest BCUT2D eigenvalue weighted by atomic mass is 15.2. The van der Waals surface area contributed by atoms with Crippen molar-refractivity contribution in [2.24, 2.45) is 0 Å². The third kappa shape index (κ3) is 4.03. The van der Waals surface area contributed by atoms with Crippen molar-refractivity contribution in [2.45, 2.75) is 51.7 Å². The van der Waals surface area contributed by atoms with Gasteiger partial charge in [0.2, 0.25) is 0 Å². The molecule has 1 N–H and O–H groups in total. The maximum Gasteiger partial charge on any atom is 0.147 e. The molecule has 2 rings (SSSR count). The molecule has 0 aromatic carbocycles. The Morgan fingerprint density at radius 2 is 2.11 bits per heavy atom. The van der Waals surface area contributed by atoms with Crippen LogP contribution in [0.15, 0.2) is 25.0 Å². The van der Waals surface area contributed by atoms with E-state index >= 15 is 0 Å². The van der Waals surface area contributed by atoms with Gasteiger partial charge in [-0.05, 0) is 33.6 Å². The lowest BCUT2D eigenvalue weighted by atomic mass is 10.1. The van der Waals surface area contributed by atoms with Crippen molar-refractivity contribution < 1.29 is 0 Å². The van der Waals surface area contributed by atoms with Gasteiger partial charge < -0.3 is 10.2 Å². The summed E-state index contributed by atoms with van der Waals surface area (Å²) >= 11 is 0. The minimum absolute atomic E-state index is 0.0106. The largest absolute Gasteiger partial charge is 0.347 e. The lowest BCUT2D eigenvalue weighted by Crippen LogP contribution is -2.42. The topological polar surface area (TPSA) is 41.1 Å². The molecule has 4 nitrogen and oxygen atoms in total. The van der Waals surface area contributed by atoms with Crippen LogP contribution in [0.2, 0.25) is 0 Å². The van der Waals surface area contributed by atoms with E-state index in [9.17, 15) is 0 Å². The fourth-order valence-electron chi connectivity index (χ4n) is 1.96. The molecule has 1 aliphatic carbocycles. The SMILES string of the molecule is C=CCN(c1cnc(CNC2CC2)cn1)C(C)(C)C. The Balaban J connectivity index is 2.03. The molecule has 1 aliphatic rings. The molecule has 1 saturated carbocycles. The molecule has 0 atom stereocenters. The highest BCUT2D eigenvalue weighted by molar-refractivity contribution is 5.40. The summed E-state index contributed by atoms with van der Waals surface area (Å²) in [6.45, 7) is 11.9. The fourth-order valence-corrected chi connectivity index (χ4v) is 1.96. The lowest BCUT2D eigenvalue weighted by Gasteiger charge is -2.35. The lowest BCUT2D eigenvalue weighted by molar-refractivity contribution is 0.516. The predicted molar refractivity (Wildman–Crippen MR) is 79.2 cm³/mol. The van der Waals surface area contributed by atoms with E-state index in [2.05, 4.69) is 47.5 Å². The number of anilines is 1. The van der Waals surface area contributed by atoms with E-state index in [0.29, 0.717) is 6.04 Å². The summed E-state index contributed by atoms with van der Waals surface area (Å²) in [7, 11) is 0. The first-order chi connectivity index (χ1) is 9.00. The molecule has 1 fully saturated rings. The highest BCUT2D eigenvalue weighted by Gasteiger charge is 2.22. The van der Waals surface area contributed by atoms with Crippen molar-refractivity contribution >= 4 is 5.82 Å². The summed E-state index contributed by atoms with van der Waals surface area (Å²) in [5, 5.41) is 3.44. The van der Waals surface area contributed by atoms with Gasteiger partial charge in [-0.25, -0.2) is 4.98 Å². The van der Waals surface area contributed by atoms with E-state index in [-0.39, 0.29) is 5.54 Å². The Labute approximate surface area is 115 Å². The van der Waals surface area contributed by atoms with Crippen LogP contribution < -0.4 is 10.2 Å². The van der Waals surface area contributed by atoms with Crippen molar-refractivity contribution in [2.75, 3.05) is 11.4 Å². The van der Waals surface area contributed by atoms with Gasteiger partial charge in [0.15, 0.2) is 0 Å². The molecule has 4 heteroatoms. The predicted octanol–water partition coefficient (Wildman–Crippen LogP) is 2.52. The molecule has 0 aliphatic heterocycles. The van der Waals surface area contributed by atoms with Crippen LogP contribution in [0.1, 0.15) is 39.3 Å². The zero-order valence-corrected chi connectivity index (χ0v) is 12.2. The van der Waals surface area contributed by atoms with Crippen LogP contribution in [0, 0.1) is 0 Å². The van der Waals surface area contributed by atoms with E-state index < -0.39 is 0 Å². The first-order valence-corrected chi connectivity index (χ1v) is 6.93. The van der Waals surface area contributed by atoms with E-state index in [0.717, 1.165) is 24.6 Å². The standard InChI is InChI=1S/C15H24N4/c1-5-8-19(15(2,3)4)14-11-17-13(10-18-14)9-16-12-6-7-12/h5,10-12,16H,1,6-9H2,2-4H3. The van der Waals surface area contributed by atoms with Gasteiger partial charge in [-0.2, -0.15) is 0 Å². The Hall–Kier alpha value is -1.42. The van der Waals surface area contributed by atoms with Crippen molar-refractivity contribution in [3.8, 4) is 0 Å². The van der Waals surface area contributed by atoms with Gasteiger partial charge in [0, 0.05) is 24.7 Å². The van der Waals surface area contributed by atoms with Gasteiger partial charge in [0.05, 0.1) is 18.1 Å². The Morgan fingerprint density at radius 1 is 1.37 bits per heavy atom. The maximum atomic E-state index is 4.54. The van der Waals surface area contributed by atoms with Gasteiger partial charge in [-0.1, -0.05) is 6.08 Å². The fraction of sp³-hybridized carbons (Fsp3) is 0.600. The Bertz CT molecular complexity index is 415. The number of aromatic nitrogens is 2. The van der Waals surface area contributed by atoms with Crippen LogP contribution in [-0.2, 0) is 6.54 Å². The Morgan fingerprint density at radius 3 is 2.58 bits per heavy atom. The zero-order chi connectivity index (χ0) is 13.9. The molecule has 0 amide bonds. The first kappa shape index (κ1) is 14.0. The summed E-state index contributed by atoms with van der Waals surface area (Å²) in [5.41, 5.74) is 1.01. The van der Waals surface area contributed by atoms with Gasteiger partial charge in [-0.15, -0.1) is 6.58 Å². The molecule has 0 unspecified atom stereocenters. The van der Waals surface area contributed by atoms with Crippen LogP contribution in [0.4, 0.5) is 5.82 Å². The van der Waals surface area contributed by atoms with Gasteiger partial charge in [0.1, 0.15) is 5.82 Å². The maximum absolute atomic E-state index is 4.54. The van der Waals surface area contributed by atoms with Crippen LogP contribution in [0.5, 0.6) is 0 Å². The van der Waals surface area contributed by atoms with Gasteiger partial charge in [-0.3, -0.25) is 4.98 Å². The van der Waals surface area contributed by atoms with E-state index in [1.807, 2.05) is 18.5 Å². The number of hydrogen-bond donors (Lipinski definition) is 1. The Kier molecular flexibility index (Phi) is 4.20. The molecule has 0 spiro atoms. The third-order valence-corrected chi connectivity index (χ3v) is 3.24. The van der Waals surface area contributed by atoms with E-state index in [4.69, 9.17) is 0 Å². The van der Waals surface area contributed by atoms with Crippen LogP contribution >= 0.6 is 0 Å². The quantitative estimate of drug-likeness (QED) is 0.798. The summed E-state index contributed by atoms with van der Waals surface area (Å²) in [6.07, 6.45) is 8.21. The zero-order valence-electron chi connectivity index (χ0n) is 12.2. The molecule has 104 valence electrons. The van der Waals surface area contributed by atoms with E-state index in [1.165, 1.54) is 12.8 Å². The first-order valence-electron chi connectivity index (χ1n) is 6.93. The van der Waals surface area contributed by atoms with E-state index in [1.54, 1.807) is 0 Å². The molecule has 1 aromatic heterocycles. The normalized spacial score (nSPS) is 15.3. The van der Waals surface area contributed by atoms with Crippen molar-refractivity contribution in [3.63, 3.8) is 0 Å². The summed E-state index contributed by atoms with van der Waals surface area (Å²) in [6, 6.07) is 0.702. The van der Waals surface area contributed by atoms with Crippen molar-refractivity contribution in [3.05, 3.63) is 30.7 Å². The number of rotatable bonds is 6. The summed E-state index contributed by atoms with van der Waals surface area (Å²) in [4.78, 5) is 11.2. The van der Waals surface area contributed by atoms with Crippen LogP contribution in [0.25, 0.3) is 0 Å². The average Bonchev–Trinajstić information content (AvgIpc) is 3.17. The molecule has 1 aromatic rings. The van der Waals surface area contributed by atoms with Crippen LogP contribution in [0.3, 0.4) is 0 Å². The third-order valence-electron chi connectivity index (χ3n) is 3.24. The molecule has 0 saturated heterocycles. The van der Waals surface area contributed by atoms with Gasteiger partial charge >= 0.3 is 0 Å². The second-order valence-electron chi connectivity index (χ2n) is 6.09. The van der Waals surface area contributed by atoms with Gasteiger partial charge in [0.25, 0.3) is 0 Å². The molecule has 1 heterocycles. The molecule has 19 heavy (non-hydrogen) atoms. The summed E-state index contributed by atoms with van der Waals surface area (Å²) < 4.78 is 0. The highest BCUT2D eigenvalue weighted by Crippen LogP contribution is 2.21. The molecular weight excluding hydrogens is 236 g/mol. The molecular formula is C15H24N4. The smallest absolute Gasteiger partial charge is 0.147 e. The monoisotopic (exact) mass is 260 g/mol. The number of nitrogens with zero attached hydrogens (tertiary/aromatic N) is 3. The second-order valence-corrected chi connectivity index (χ2v) is 6.09.